The molecular weight excluding hydrogens is 652 g/mol. The molecule has 9 unspecified atom stereocenters. The monoisotopic (exact) mass is 712 g/mol. The SMILES string of the molecule is CC(C)=CCC1=C(O)c2ccccc2C(=O)C1=O.CC1(C(=O)O)CCC2(C)CCC3(C)C(=CC(=O)C4C5(C)CCC(O)C(C)(C)C5CCC43C)C2C1. The molecule has 0 heterocycles. The highest BCUT2D eigenvalue weighted by Gasteiger charge is 2.70. The quantitative estimate of drug-likeness (QED) is 0.210. The van der Waals surface area contributed by atoms with Crippen LogP contribution in [0.25, 0.3) is 5.76 Å². The number of allylic oxidation sites excluding steroid dienone is 5. The van der Waals surface area contributed by atoms with Crippen molar-refractivity contribution in [2.45, 2.75) is 133 Å². The van der Waals surface area contributed by atoms with Crippen LogP contribution < -0.4 is 0 Å². The van der Waals surface area contributed by atoms with E-state index in [1.54, 1.807) is 24.3 Å². The third-order valence-electron chi connectivity index (χ3n) is 16.0. The first-order chi connectivity index (χ1) is 24.1. The molecule has 4 saturated carbocycles. The summed E-state index contributed by atoms with van der Waals surface area (Å²) in [7, 11) is 0. The Morgan fingerprint density at radius 2 is 1.48 bits per heavy atom. The Bertz CT molecular complexity index is 1810. The van der Waals surface area contributed by atoms with Gasteiger partial charge in [-0.15, -0.1) is 0 Å². The molecule has 0 aromatic heterocycles. The van der Waals surface area contributed by atoms with Crippen molar-refractivity contribution in [1.29, 1.82) is 0 Å². The number of carboxylic acid groups (broad SMARTS) is 1. The summed E-state index contributed by atoms with van der Waals surface area (Å²) in [5.74, 6) is -1.16. The van der Waals surface area contributed by atoms with Gasteiger partial charge in [0.1, 0.15) is 5.76 Å². The molecule has 6 aliphatic rings. The summed E-state index contributed by atoms with van der Waals surface area (Å²) in [5, 5.41) is 31.0. The van der Waals surface area contributed by atoms with Gasteiger partial charge in [-0.2, -0.15) is 0 Å². The van der Waals surface area contributed by atoms with Crippen molar-refractivity contribution in [3.8, 4) is 0 Å². The summed E-state index contributed by atoms with van der Waals surface area (Å²) in [6, 6.07) is 6.62. The standard InChI is InChI=1S/C30H46O4.C15H14O3/c1-25(2)21-8-11-30(7)23(28(21,5)10-9-22(25)32)20(31)16-18-19-17-27(4,24(33)34)13-12-26(19,3)14-15-29(18,30)6;1-9(2)7-8-12-13(16)10-5-3-4-6-11(10)14(17)15(12)18/h16,19,21-23,32H,8-15,17H2,1-7H3,(H,33,34);3-7,16H,8H2,1-2H3. The number of benzene rings is 1. The van der Waals surface area contributed by atoms with E-state index in [4.69, 9.17) is 0 Å². The Hall–Kier alpha value is -3.32. The number of Topliss-reactive ketones (excluding diaryl/α,β-unsaturated/α-hetero) is 2. The molecule has 0 aliphatic heterocycles. The van der Waals surface area contributed by atoms with Gasteiger partial charge < -0.3 is 15.3 Å². The van der Waals surface area contributed by atoms with Crippen LogP contribution in [0, 0.1) is 50.2 Å². The summed E-state index contributed by atoms with van der Waals surface area (Å²) >= 11 is 0. The van der Waals surface area contributed by atoms with Crippen molar-refractivity contribution in [2.24, 2.45) is 50.2 Å². The van der Waals surface area contributed by atoms with Gasteiger partial charge in [0.05, 0.1) is 11.5 Å². The second-order valence-corrected chi connectivity index (χ2v) is 19.5. The third-order valence-corrected chi connectivity index (χ3v) is 16.0. The Morgan fingerprint density at radius 3 is 2.12 bits per heavy atom. The minimum atomic E-state index is -0.711. The van der Waals surface area contributed by atoms with Crippen molar-refractivity contribution in [3.05, 3.63) is 64.3 Å². The Morgan fingerprint density at radius 1 is 0.846 bits per heavy atom. The Balaban J connectivity index is 0.000000217. The summed E-state index contributed by atoms with van der Waals surface area (Å²) < 4.78 is 0. The Labute approximate surface area is 310 Å². The van der Waals surface area contributed by atoms with E-state index < -0.39 is 23.0 Å². The lowest BCUT2D eigenvalue weighted by Gasteiger charge is -2.70. The van der Waals surface area contributed by atoms with Gasteiger partial charge in [0, 0.05) is 22.6 Å². The first-order valence-corrected chi connectivity index (χ1v) is 19.5. The molecule has 7 rings (SSSR count). The summed E-state index contributed by atoms with van der Waals surface area (Å²) in [6.07, 6.45) is 12.1. The van der Waals surface area contributed by atoms with Crippen molar-refractivity contribution in [1.82, 2.24) is 0 Å². The lowest BCUT2D eigenvalue weighted by Crippen LogP contribution is -2.66. The van der Waals surface area contributed by atoms with Crippen LogP contribution >= 0.6 is 0 Å². The minimum absolute atomic E-state index is 0.0296. The lowest BCUT2D eigenvalue weighted by molar-refractivity contribution is -0.202. The van der Waals surface area contributed by atoms with Crippen LogP contribution in [0.3, 0.4) is 0 Å². The number of carbonyl (C=O) groups is 4. The van der Waals surface area contributed by atoms with Gasteiger partial charge in [-0.05, 0) is 130 Å². The molecule has 1 aromatic rings. The van der Waals surface area contributed by atoms with Crippen molar-refractivity contribution in [3.63, 3.8) is 0 Å². The Kier molecular flexibility index (Phi) is 9.33. The van der Waals surface area contributed by atoms with E-state index in [-0.39, 0.29) is 74.1 Å². The molecular formula is C45H60O7. The zero-order chi connectivity index (χ0) is 38.4. The van der Waals surface area contributed by atoms with Gasteiger partial charge in [-0.1, -0.05) is 83.0 Å². The van der Waals surface area contributed by atoms with Gasteiger partial charge in [0.25, 0.3) is 0 Å². The molecule has 1 aromatic carbocycles. The molecule has 7 heteroatoms. The smallest absolute Gasteiger partial charge is 0.309 e. The van der Waals surface area contributed by atoms with Crippen molar-refractivity contribution in [2.75, 3.05) is 0 Å². The van der Waals surface area contributed by atoms with Crippen LogP contribution in [0.4, 0.5) is 0 Å². The number of aliphatic carboxylic acids is 1. The maximum Gasteiger partial charge on any atom is 0.309 e. The van der Waals surface area contributed by atoms with Gasteiger partial charge in [-0.3, -0.25) is 19.2 Å². The minimum Gasteiger partial charge on any atom is -0.507 e. The highest BCUT2D eigenvalue weighted by atomic mass is 16.4. The predicted octanol–water partition coefficient (Wildman–Crippen LogP) is 9.49. The highest BCUT2D eigenvalue weighted by molar-refractivity contribution is 6.52. The summed E-state index contributed by atoms with van der Waals surface area (Å²) in [5.41, 5.74) is 2.08. The fourth-order valence-electron chi connectivity index (χ4n) is 12.3. The topological polar surface area (TPSA) is 129 Å². The van der Waals surface area contributed by atoms with Crippen LogP contribution in [0.5, 0.6) is 0 Å². The van der Waals surface area contributed by atoms with Gasteiger partial charge in [-0.25, -0.2) is 0 Å². The second kappa shape index (κ2) is 12.6. The average molecular weight is 713 g/mol. The van der Waals surface area contributed by atoms with E-state index in [0.29, 0.717) is 17.9 Å². The average Bonchev–Trinajstić information content (AvgIpc) is 3.07. The number of rotatable bonds is 3. The van der Waals surface area contributed by atoms with Crippen LogP contribution in [-0.2, 0) is 14.4 Å². The molecule has 4 fully saturated rings. The molecule has 9 atom stereocenters. The number of carboxylic acids is 1. The first-order valence-electron chi connectivity index (χ1n) is 19.5. The van der Waals surface area contributed by atoms with Gasteiger partial charge in [0.15, 0.2) is 5.78 Å². The van der Waals surface area contributed by atoms with E-state index in [9.17, 15) is 34.5 Å². The van der Waals surface area contributed by atoms with Crippen LogP contribution in [0.15, 0.2) is 53.1 Å². The third kappa shape index (κ3) is 5.53. The number of hydrogen-bond donors (Lipinski definition) is 3. The zero-order valence-corrected chi connectivity index (χ0v) is 32.8. The molecule has 0 bridgehead atoms. The molecule has 3 N–H and O–H groups in total. The van der Waals surface area contributed by atoms with Gasteiger partial charge in [0.2, 0.25) is 11.6 Å². The van der Waals surface area contributed by atoms with Crippen LogP contribution in [0.2, 0.25) is 0 Å². The number of carbonyl (C=O) groups excluding carboxylic acids is 3. The molecule has 0 saturated heterocycles. The first kappa shape index (κ1) is 38.4. The maximum absolute atomic E-state index is 14.2. The molecule has 6 aliphatic carbocycles. The molecule has 0 amide bonds. The molecule has 52 heavy (non-hydrogen) atoms. The summed E-state index contributed by atoms with van der Waals surface area (Å²) in [6.45, 7) is 19.6. The van der Waals surface area contributed by atoms with Crippen molar-refractivity contribution < 1.29 is 34.5 Å². The number of hydrogen-bond acceptors (Lipinski definition) is 6. The van der Waals surface area contributed by atoms with E-state index >= 15 is 0 Å². The van der Waals surface area contributed by atoms with Gasteiger partial charge >= 0.3 is 5.97 Å². The number of aliphatic hydroxyl groups is 2. The van der Waals surface area contributed by atoms with E-state index in [2.05, 4.69) is 41.5 Å². The van der Waals surface area contributed by atoms with E-state index in [1.807, 2.05) is 32.9 Å². The highest BCUT2D eigenvalue weighted by Crippen LogP contribution is 2.75. The van der Waals surface area contributed by atoms with E-state index in [0.717, 1.165) is 56.9 Å². The van der Waals surface area contributed by atoms with Crippen molar-refractivity contribution >= 4 is 29.1 Å². The number of aliphatic hydroxyl groups excluding tert-OH is 2. The molecule has 7 nitrogen and oxygen atoms in total. The second-order valence-electron chi connectivity index (χ2n) is 19.5. The van der Waals surface area contributed by atoms with Crippen LogP contribution in [-0.4, -0.2) is 44.7 Å². The lowest BCUT2D eigenvalue weighted by atomic mass is 9.33. The number of ketones is 3. The molecule has 0 radical (unpaired) electrons. The normalized spacial score (nSPS) is 40.4. The van der Waals surface area contributed by atoms with E-state index in [1.165, 1.54) is 5.57 Å². The largest absolute Gasteiger partial charge is 0.507 e. The maximum atomic E-state index is 14.2. The summed E-state index contributed by atoms with van der Waals surface area (Å²) in [4.78, 5) is 50.2. The van der Waals surface area contributed by atoms with Crippen LogP contribution in [0.1, 0.15) is 142 Å². The molecule has 282 valence electrons. The number of fused-ring (bicyclic) bond motifs is 8. The predicted molar refractivity (Wildman–Crippen MR) is 202 cm³/mol. The molecule has 0 spiro atoms. The fourth-order valence-corrected chi connectivity index (χ4v) is 12.3. The zero-order valence-electron chi connectivity index (χ0n) is 32.8. The fraction of sp³-hybridized carbons (Fsp3) is 0.644.